The quantitative estimate of drug-likeness (QED) is 0.0470. The van der Waals surface area contributed by atoms with Gasteiger partial charge in [-0.15, -0.1) is 0 Å². The molecule has 1 fully saturated rings. The summed E-state index contributed by atoms with van der Waals surface area (Å²) < 4.78 is 40.8. The van der Waals surface area contributed by atoms with Crippen LogP contribution in [0.15, 0.2) is 195 Å². The molecule has 2 amide bonds. The van der Waals surface area contributed by atoms with E-state index in [-0.39, 0.29) is 23.6 Å². The summed E-state index contributed by atoms with van der Waals surface area (Å²) in [6, 6.07) is 50.0. The molecular weight excluding hydrogens is 1220 g/mol. The second-order valence-electron chi connectivity index (χ2n) is 21.3. The third-order valence-corrected chi connectivity index (χ3v) is 15.8. The van der Waals surface area contributed by atoms with E-state index in [0.717, 1.165) is 41.4 Å². The Morgan fingerprint density at radius 1 is 0.593 bits per heavy atom. The minimum absolute atomic E-state index is 0.0873. The fourth-order valence-electron chi connectivity index (χ4n) is 8.01. The number of thioether (sulfide) groups is 2. The van der Waals surface area contributed by atoms with Gasteiger partial charge in [-0.3, -0.25) is 4.79 Å². The Balaban J connectivity index is 0.000000207. The van der Waals surface area contributed by atoms with E-state index in [1.54, 1.807) is 62.0 Å². The fourth-order valence-corrected chi connectivity index (χ4v) is 11.0. The van der Waals surface area contributed by atoms with Crippen LogP contribution in [0.3, 0.4) is 0 Å². The van der Waals surface area contributed by atoms with Crippen molar-refractivity contribution in [1.29, 1.82) is 0 Å². The molecule has 9 aromatic rings. The van der Waals surface area contributed by atoms with E-state index >= 15 is 0 Å². The number of aromatic amines is 1. The number of aliphatic hydroxyl groups excluding tert-OH is 1. The fraction of sp³-hybridized carbons (Fsp3) is 0.324. The van der Waals surface area contributed by atoms with Gasteiger partial charge in [0.1, 0.15) is 40.1 Å². The van der Waals surface area contributed by atoms with Crippen LogP contribution in [0.1, 0.15) is 90.5 Å². The van der Waals surface area contributed by atoms with Gasteiger partial charge in [-0.2, -0.15) is 15.0 Å². The van der Waals surface area contributed by atoms with Crippen molar-refractivity contribution in [2.24, 2.45) is 10.2 Å². The Labute approximate surface area is 539 Å². The maximum Gasteiger partial charge on any atom is 0.453 e. The molecular formula is C68H79N6O14PS2. The van der Waals surface area contributed by atoms with Crippen LogP contribution in [0.2, 0.25) is 0 Å². The van der Waals surface area contributed by atoms with Crippen molar-refractivity contribution in [2.45, 2.75) is 116 Å². The van der Waals surface area contributed by atoms with Crippen molar-refractivity contribution < 1.29 is 52.0 Å². The van der Waals surface area contributed by atoms with E-state index in [2.05, 4.69) is 121 Å². The summed E-state index contributed by atoms with van der Waals surface area (Å²) in [6.45, 7) is 16.4. The van der Waals surface area contributed by atoms with Crippen molar-refractivity contribution in [1.82, 2.24) is 19.9 Å². The summed E-state index contributed by atoms with van der Waals surface area (Å²) in [7, 11) is 2.80. The van der Waals surface area contributed by atoms with E-state index < -0.39 is 42.6 Å². The molecule has 0 atom stereocenters. The average Bonchev–Trinajstić information content (AvgIpc) is 1.00. The van der Waals surface area contributed by atoms with Gasteiger partial charge in [0.2, 0.25) is 17.3 Å². The molecule has 1 saturated heterocycles. The zero-order valence-corrected chi connectivity index (χ0v) is 55.9. The summed E-state index contributed by atoms with van der Waals surface area (Å²) in [6.07, 6.45) is 5.60. The van der Waals surface area contributed by atoms with E-state index in [4.69, 9.17) is 42.4 Å². The molecule has 20 nitrogen and oxygen atoms in total. The number of aliphatic hydroxyl groups is 1. The third-order valence-electron chi connectivity index (χ3n) is 12.2. The number of nitrogens with zero attached hydrogens (tertiary/aromatic N) is 5. The van der Waals surface area contributed by atoms with Crippen LogP contribution in [0.5, 0.6) is 17.4 Å². The molecule has 4 aromatic heterocycles. The second kappa shape index (κ2) is 37.6. The number of carbonyl (C=O) groups excluding carboxylic acids is 2. The smallest absolute Gasteiger partial charge is 0.453 e. The minimum atomic E-state index is -0.918. The SMILES string of the molecule is C1CCOC1.CC(C)(C)OC(=O)N=NC(=O)OC(C)(C)C.CCc1cc(=O)oc2nc(SC)[nH]c(=O)c12.CCc1cc(=O)oc2nc(SC)nc(OCc3ccc(OC)cc3)c12.COc1ccc(CO)cc1.c1ccc(P(c2ccccc2)c2ccccc2)cc1. The normalized spacial score (nSPS) is 11.7. The summed E-state index contributed by atoms with van der Waals surface area (Å²) >= 11 is 2.65. The van der Waals surface area contributed by atoms with Crippen molar-refractivity contribution in [3.63, 3.8) is 0 Å². The van der Waals surface area contributed by atoms with E-state index in [1.807, 2.05) is 68.6 Å². The number of ether oxygens (including phenoxy) is 6. The molecule has 0 bridgehead atoms. The van der Waals surface area contributed by atoms with Crippen LogP contribution in [0.4, 0.5) is 9.59 Å². The highest BCUT2D eigenvalue weighted by Crippen LogP contribution is 2.33. The number of aryl methyl sites for hydroxylation is 2. The molecule has 1 aliphatic rings. The van der Waals surface area contributed by atoms with Gasteiger partial charge in [0, 0.05) is 25.3 Å². The van der Waals surface area contributed by atoms with Crippen molar-refractivity contribution >= 4 is 81.7 Å². The van der Waals surface area contributed by atoms with Gasteiger partial charge in [-0.1, -0.05) is 163 Å². The monoisotopic (exact) mass is 1300 g/mol. The van der Waals surface area contributed by atoms with Crippen molar-refractivity contribution in [2.75, 3.05) is 39.9 Å². The Kier molecular flexibility index (Phi) is 30.2. The number of fused-ring (bicyclic) bond motifs is 2. The predicted octanol–water partition coefficient (Wildman–Crippen LogP) is 13.4. The molecule has 0 saturated carbocycles. The summed E-state index contributed by atoms with van der Waals surface area (Å²) in [5.74, 6) is 2.03. The summed E-state index contributed by atoms with van der Waals surface area (Å²) in [5.41, 5.74) is 1.23. The Morgan fingerprint density at radius 3 is 1.40 bits per heavy atom. The van der Waals surface area contributed by atoms with Crippen LogP contribution < -0.4 is 46.9 Å². The molecule has 5 heterocycles. The molecule has 91 heavy (non-hydrogen) atoms. The molecule has 0 spiro atoms. The van der Waals surface area contributed by atoms with Crippen LogP contribution in [0.25, 0.3) is 22.2 Å². The number of amides is 2. The lowest BCUT2D eigenvalue weighted by Gasteiger charge is -2.18. The number of aromatic nitrogens is 4. The first-order valence-electron chi connectivity index (χ1n) is 29.0. The first-order chi connectivity index (χ1) is 43.6. The van der Waals surface area contributed by atoms with Gasteiger partial charge in [-0.25, -0.2) is 19.2 Å². The molecule has 482 valence electrons. The van der Waals surface area contributed by atoms with Crippen LogP contribution in [-0.2, 0) is 40.3 Å². The Bertz CT molecular complexity index is 3740. The van der Waals surface area contributed by atoms with Crippen LogP contribution in [0, 0.1) is 0 Å². The number of methoxy groups -OCH3 is 2. The lowest BCUT2D eigenvalue weighted by atomic mass is 10.1. The van der Waals surface area contributed by atoms with Gasteiger partial charge in [0.15, 0.2) is 10.3 Å². The first-order valence-corrected chi connectivity index (χ1v) is 32.8. The highest BCUT2D eigenvalue weighted by atomic mass is 32.2. The number of H-pyrrole nitrogens is 1. The molecule has 0 unspecified atom stereocenters. The van der Waals surface area contributed by atoms with Crippen LogP contribution in [-0.4, -0.2) is 88.4 Å². The topological polar surface area (TPSA) is 266 Å². The van der Waals surface area contributed by atoms with Gasteiger partial charge in [0.05, 0.1) is 20.8 Å². The second-order valence-corrected chi connectivity index (χ2v) is 25.1. The van der Waals surface area contributed by atoms with E-state index in [9.17, 15) is 24.0 Å². The van der Waals surface area contributed by atoms with Crippen molar-refractivity contribution in [3.8, 4) is 17.4 Å². The molecule has 23 heteroatoms. The average molecular weight is 1300 g/mol. The molecule has 5 aromatic carbocycles. The first kappa shape index (κ1) is 73.2. The zero-order chi connectivity index (χ0) is 66.3. The van der Waals surface area contributed by atoms with Crippen LogP contribution >= 0.6 is 31.4 Å². The third kappa shape index (κ3) is 25.3. The Hall–Kier alpha value is -8.53. The van der Waals surface area contributed by atoms with Crippen molar-refractivity contribution in [3.05, 3.63) is 205 Å². The van der Waals surface area contributed by atoms with E-state index in [0.29, 0.717) is 52.0 Å². The molecule has 10 rings (SSSR count). The predicted molar refractivity (Wildman–Crippen MR) is 360 cm³/mol. The van der Waals surface area contributed by atoms with E-state index in [1.165, 1.54) is 64.4 Å². The standard InChI is InChI=1S/C18H18N2O4S.C18H15P.C10H18N2O4.C10H10N2O3S.C8H10O2.C4H8O/c1-4-12-9-14(21)24-17-15(12)16(19-18(20-17)25-3)23-10-11-5-7-13(22-2)8-6-11;1-4-10-16(11-5-1)19(17-12-6-2-7-13-17)18-14-8-3-9-15-18;1-9(2,3)15-7(13)11-12-8(14)16-10(4,5)6;1-3-5-4-6(13)15-9-7(5)8(14)11-10(12-9)16-2;1-10-8-4-2-7(6-9)3-5-8;1-2-4-5-3-1/h5-9H,4,10H2,1-3H3;1-15H;1-6H3;4H,3H2,1-2H3,(H,11,12,14);2-5,9H,6H2,1H3;1-4H2. The highest BCUT2D eigenvalue weighted by molar-refractivity contribution is 7.98. The highest BCUT2D eigenvalue weighted by Gasteiger charge is 2.20. The summed E-state index contributed by atoms with van der Waals surface area (Å²) in [5, 5.41) is 21.0. The van der Waals surface area contributed by atoms with Gasteiger partial charge in [0.25, 0.3) is 5.56 Å². The number of azo groups is 1. The number of carbonyl (C=O) groups is 2. The summed E-state index contributed by atoms with van der Waals surface area (Å²) in [4.78, 5) is 72.3. The molecule has 1 aliphatic heterocycles. The lowest BCUT2D eigenvalue weighted by Crippen LogP contribution is -2.23. The maximum absolute atomic E-state index is 11.8. The number of nitrogens with one attached hydrogen (secondary N) is 1. The zero-order valence-electron chi connectivity index (χ0n) is 53.3. The van der Waals surface area contributed by atoms with Gasteiger partial charge < -0.3 is 47.3 Å². The number of hydrogen-bond acceptors (Lipinski definition) is 19. The molecule has 2 N–H and O–H groups in total. The lowest BCUT2D eigenvalue weighted by molar-refractivity contribution is 0.0516. The molecule has 0 aliphatic carbocycles. The minimum Gasteiger partial charge on any atom is -0.497 e. The molecule has 0 radical (unpaired) electrons. The number of benzene rings is 5. The largest absolute Gasteiger partial charge is 0.497 e. The number of hydrogen-bond donors (Lipinski definition) is 2. The number of rotatable bonds is 13. The van der Waals surface area contributed by atoms with Gasteiger partial charge >= 0.3 is 23.4 Å². The maximum atomic E-state index is 11.8. The Morgan fingerprint density at radius 2 is 1.02 bits per heavy atom. The van der Waals surface area contributed by atoms with Gasteiger partial charge in [-0.05, 0) is 150 Å².